The molecule has 8 heteroatoms. The first-order valence-corrected chi connectivity index (χ1v) is 15.1. The van der Waals surface area contributed by atoms with Crippen molar-refractivity contribution in [3.05, 3.63) is 57.5 Å². The molecule has 0 radical (unpaired) electrons. The monoisotopic (exact) mass is 595 g/mol. The number of aliphatic hydroxyl groups excluding tert-OH is 1. The van der Waals surface area contributed by atoms with Gasteiger partial charge in [-0.25, -0.2) is 9.37 Å². The van der Waals surface area contributed by atoms with Crippen LogP contribution in [-0.4, -0.2) is 23.4 Å². The average Bonchev–Trinajstić information content (AvgIpc) is 2.91. The first-order chi connectivity index (χ1) is 19.0. The number of aromatic nitrogens is 1. The van der Waals surface area contributed by atoms with Crippen molar-refractivity contribution in [3.8, 4) is 5.75 Å². The average molecular weight is 597 g/mol. The van der Waals surface area contributed by atoms with Crippen molar-refractivity contribution in [1.82, 2.24) is 4.98 Å². The molecule has 3 N–H and O–H groups in total. The number of rotatable bonds is 15. The molecule has 0 fully saturated rings. The summed E-state index contributed by atoms with van der Waals surface area (Å²) in [6, 6.07) is 4.07. The molecular weight excluding hydrogens is 548 g/mol. The van der Waals surface area contributed by atoms with Crippen molar-refractivity contribution < 1.29 is 14.2 Å². The van der Waals surface area contributed by atoms with E-state index in [-0.39, 0.29) is 32.6 Å². The maximum absolute atomic E-state index is 13.9. The third kappa shape index (κ3) is 12.6. The van der Waals surface area contributed by atoms with Crippen molar-refractivity contribution in [3.63, 3.8) is 0 Å². The minimum absolute atomic E-state index is 0.0640. The minimum atomic E-state index is -1.63. The number of unbranched alkanes of at least 4 members (excludes halogenated alkanes) is 6. The molecule has 224 valence electrons. The summed E-state index contributed by atoms with van der Waals surface area (Å²) < 4.78 is 19.4. The van der Waals surface area contributed by atoms with E-state index in [1.807, 2.05) is 0 Å². The molecule has 1 atom stereocenters. The Morgan fingerprint density at radius 2 is 1.73 bits per heavy atom. The van der Waals surface area contributed by atoms with E-state index in [0.717, 1.165) is 30.0 Å². The Balaban J connectivity index is 0.00000101. The van der Waals surface area contributed by atoms with Gasteiger partial charge < -0.3 is 15.6 Å². The van der Waals surface area contributed by atoms with E-state index in [9.17, 15) is 9.50 Å². The van der Waals surface area contributed by atoms with Crippen LogP contribution in [0, 0.1) is 11.2 Å². The van der Waals surface area contributed by atoms with Gasteiger partial charge in [0.05, 0.1) is 15.6 Å². The summed E-state index contributed by atoms with van der Waals surface area (Å²) in [5.41, 5.74) is 7.61. The molecule has 0 saturated carbocycles. The second-order valence-electron chi connectivity index (χ2n) is 10.8. The number of aliphatic imine (C=N–C) groups is 1. The highest BCUT2D eigenvalue weighted by Crippen LogP contribution is 2.36. The molecule has 1 unspecified atom stereocenters. The molecule has 0 bridgehead atoms. The predicted molar refractivity (Wildman–Crippen MR) is 170 cm³/mol. The zero-order valence-electron chi connectivity index (χ0n) is 25.1. The van der Waals surface area contributed by atoms with Crippen LogP contribution in [0.2, 0.25) is 10.0 Å². The van der Waals surface area contributed by atoms with E-state index < -0.39 is 12.1 Å². The lowest BCUT2D eigenvalue weighted by molar-refractivity contribution is -0.0191. The number of nitrogens with zero attached hydrogens (tertiary/aromatic N) is 2. The number of benzene rings is 1. The summed E-state index contributed by atoms with van der Waals surface area (Å²) in [4.78, 5) is 8.36. The zero-order chi connectivity index (χ0) is 30.1. The fraction of sp³-hybridized carbons (Fsp3) is 0.562. The molecule has 0 aliphatic carbocycles. The van der Waals surface area contributed by atoms with Gasteiger partial charge >= 0.3 is 0 Å². The number of ether oxygens (including phenoxy) is 1. The van der Waals surface area contributed by atoms with Crippen LogP contribution in [0.4, 0.5) is 10.2 Å². The lowest BCUT2D eigenvalue weighted by Crippen LogP contribution is -2.11. The second-order valence-corrected chi connectivity index (χ2v) is 11.6. The number of aliphatic hydroxyl groups is 1. The summed E-state index contributed by atoms with van der Waals surface area (Å²) in [6.45, 7) is 11.2. The Morgan fingerprint density at radius 3 is 2.33 bits per heavy atom. The van der Waals surface area contributed by atoms with Gasteiger partial charge in [-0.15, -0.1) is 0 Å². The molecule has 40 heavy (non-hydrogen) atoms. The Kier molecular flexibility index (Phi) is 17.1. The standard InChI is InChI=1S/C25H32Cl2FN3O2.C7H16/c1-5-6-7-11-25(2,3)12-10-16(14-30-4)17-13-20(23(29)31-15-17)33-24(32)21-18(26)8-9-19(28)22(21)27;1-3-5-7-6-4-2/h8-10,13-15,24,32H,5-7,11-12H2,1-4H3,(H2,29,31);3-7H2,1-2H3/b16-10+,30-14?;. The molecule has 2 rings (SSSR count). The lowest BCUT2D eigenvalue weighted by atomic mass is 9.83. The highest BCUT2D eigenvalue weighted by molar-refractivity contribution is 6.36. The Hall–Kier alpha value is -2.15. The van der Waals surface area contributed by atoms with E-state index in [4.69, 9.17) is 33.7 Å². The summed E-state index contributed by atoms with van der Waals surface area (Å²) in [5.74, 6) is -0.535. The van der Waals surface area contributed by atoms with Gasteiger partial charge in [-0.3, -0.25) is 4.99 Å². The zero-order valence-corrected chi connectivity index (χ0v) is 26.6. The summed E-state index contributed by atoms with van der Waals surface area (Å²) in [7, 11) is 1.69. The fourth-order valence-electron chi connectivity index (χ4n) is 4.06. The van der Waals surface area contributed by atoms with E-state index >= 15 is 0 Å². The topological polar surface area (TPSA) is 80.7 Å². The van der Waals surface area contributed by atoms with Crippen LogP contribution in [-0.2, 0) is 0 Å². The molecule has 0 saturated heterocycles. The van der Waals surface area contributed by atoms with E-state index in [0.29, 0.717) is 0 Å². The highest BCUT2D eigenvalue weighted by atomic mass is 35.5. The predicted octanol–water partition coefficient (Wildman–Crippen LogP) is 10.2. The molecule has 0 amide bonds. The van der Waals surface area contributed by atoms with Gasteiger partial charge in [-0.2, -0.15) is 0 Å². The van der Waals surface area contributed by atoms with Crippen molar-refractivity contribution in [2.45, 2.75) is 105 Å². The van der Waals surface area contributed by atoms with Crippen molar-refractivity contribution in [2.75, 3.05) is 12.8 Å². The Morgan fingerprint density at radius 1 is 1.10 bits per heavy atom. The summed E-state index contributed by atoms with van der Waals surface area (Å²) in [6.07, 6.45) is 16.5. The number of pyridine rings is 1. The smallest absolute Gasteiger partial charge is 0.227 e. The van der Waals surface area contributed by atoms with E-state index in [2.05, 4.69) is 50.7 Å². The van der Waals surface area contributed by atoms with Gasteiger partial charge in [-0.1, -0.05) is 115 Å². The Labute approximate surface area is 251 Å². The minimum Gasteiger partial charge on any atom is -0.457 e. The number of nitrogens with two attached hydrogens (primary N) is 1. The molecular formula is C32H48Cl2FN3O2. The lowest BCUT2D eigenvalue weighted by Gasteiger charge is -2.23. The Bertz CT molecular complexity index is 1090. The molecule has 1 aromatic heterocycles. The van der Waals surface area contributed by atoms with Crippen molar-refractivity contribution in [2.24, 2.45) is 10.4 Å². The number of halogens is 3. The molecule has 0 aliphatic heterocycles. The quantitative estimate of drug-likeness (QED) is 0.0928. The van der Waals surface area contributed by atoms with Gasteiger partial charge in [-0.05, 0) is 42.0 Å². The molecule has 1 heterocycles. The number of allylic oxidation sites excluding steroid dienone is 2. The highest BCUT2D eigenvalue weighted by Gasteiger charge is 2.22. The van der Waals surface area contributed by atoms with Crippen LogP contribution < -0.4 is 10.5 Å². The van der Waals surface area contributed by atoms with Gasteiger partial charge in [0.25, 0.3) is 0 Å². The van der Waals surface area contributed by atoms with Crippen LogP contribution in [0.5, 0.6) is 5.75 Å². The van der Waals surface area contributed by atoms with Crippen LogP contribution in [0.3, 0.4) is 0 Å². The summed E-state index contributed by atoms with van der Waals surface area (Å²) >= 11 is 12.1. The van der Waals surface area contributed by atoms with Gasteiger partial charge in [0.2, 0.25) is 6.29 Å². The van der Waals surface area contributed by atoms with Crippen LogP contribution in [0.1, 0.15) is 116 Å². The molecule has 0 spiro atoms. The molecule has 0 aliphatic rings. The number of anilines is 1. The molecule has 2 aromatic rings. The first-order valence-electron chi connectivity index (χ1n) is 14.4. The third-order valence-electron chi connectivity index (χ3n) is 6.59. The number of nitrogen functional groups attached to an aromatic ring is 1. The number of hydrogen-bond donors (Lipinski definition) is 2. The summed E-state index contributed by atoms with van der Waals surface area (Å²) in [5, 5.41) is 10.3. The third-order valence-corrected chi connectivity index (χ3v) is 7.30. The van der Waals surface area contributed by atoms with Crippen molar-refractivity contribution >= 4 is 40.8 Å². The largest absolute Gasteiger partial charge is 0.457 e. The van der Waals surface area contributed by atoms with Crippen molar-refractivity contribution in [1.29, 1.82) is 0 Å². The van der Waals surface area contributed by atoms with Gasteiger partial charge in [0.1, 0.15) is 5.82 Å². The van der Waals surface area contributed by atoms with Crippen LogP contribution in [0.15, 0.2) is 35.5 Å². The second kappa shape index (κ2) is 19.1. The maximum atomic E-state index is 13.9. The van der Waals surface area contributed by atoms with E-state index in [1.54, 1.807) is 25.5 Å². The van der Waals surface area contributed by atoms with E-state index in [1.165, 1.54) is 57.4 Å². The fourth-order valence-corrected chi connectivity index (χ4v) is 4.62. The van der Waals surface area contributed by atoms with Crippen LogP contribution in [0.25, 0.3) is 5.57 Å². The molecule has 1 aromatic carbocycles. The maximum Gasteiger partial charge on any atom is 0.227 e. The first kappa shape index (κ1) is 35.9. The van der Waals surface area contributed by atoms with Gasteiger partial charge in [0.15, 0.2) is 11.6 Å². The van der Waals surface area contributed by atoms with Crippen LogP contribution >= 0.6 is 23.2 Å². The normalized spacial score (nSPS) is 12.8. The SMILES string of the molecule is CCCCCC(C)(C)C/C=C(\C=NC)c1cnc(N)c(OC(O)c2c(Cl)ccc(F)c2Cl)c1.CCCCCCC. The molecule has 5 nitrogen and oxygen atoms in total. The number of hydrogen-bond acceptors (Lipinski definition) is 5. The van der Waals surface area contributed by atoms with Gasteiger partial charge in [0, 0.05) is 25.0 Å².